The van der Waals surface area contributed by atoms with Crippen LogP contribution >= 0.6 is 23.2 Å². The number of methoxy groups -OCH3 is 1. The molecule has 0 aliphatic rings. The number of phenolic OH excluding ortho intramolecular Hbond substituents is 2. The van der Waals surface area contributed by atoms with Gasteiger partial charge in [-0.25, -0.2) is 5.43 Å². The van der Waals surface area contributed by atoms with Crippen LogP contribution in [0.3, 0.4) is 0 Å². The zero-order valence-corrected chi connectivity index (χ0v) is 13.4. The summed E-state index contributed by atoms with van der Waals surface area (Å²) in [6, 6.07) is 6.77. The third kappa shape index (κ3) is 4.06. The number of hydrogen-bond acceptors (Lipinski definition) is 5. The molecule has 0 saturated carbocycles. The molecule has 6 nitrogen and oxygen atoms in total. The van der Waals surface area contributed by atoms with Crippen molar-refractivity contribution in [2.45, 2.75) is 0 Å². The molecule has 120 valence electrons. The second kappa shape index (κ2) is 7.21. The molecule has 0 heterocycles. The monoisotopic (exact) mass is 354 g/mol. The van der Waals surface area contributed by atoms with Gasteiger partial charge in [0.05, 0.1) is 18.3 Å². The summed E-state index contributed by atoms with van der Waals surface area (Å²) < 4.78 is 5.15. The molecule has 2 rings (SSSR count). The summed E-state index contributed by atoms with van der Waals surface area (Å²) in [5.74, 6) is -0.909. The third-order valence-electron chi connectivity index (χ3n) is 2.85. The molecule has 0 fully saturated rings. The number of aromatic hydroxyl groups is 2. The fraction of sp³-hybridized carbons (Fsp3) is 0.0667. The second-order valence-corrected chi connectivity index (χ2v) is 5.26. The van der Waals surface area contributed by atoms with Crippen LogP contribution < -0.4 is 10.2 Å². The van der Waals surface area contributed by atoms with E-state index in [-0.39, 0.29) is 11.3 Å². The number of phenols is 2. The van der Waals surface area contributed by atoms with E-state index >= 15 is 0 Å². The minimum atomic E-state index is -0.566. The normalized spacial score (nSPS) is 10.7. The number of ether oxygens (including phenoxy) is 1. The average molecular weight is 355 g/mol. The number of hydrazone groups is 1. The van der Waals surface area contributed by atoms with Crippen molar-refractivity contribution < 1.29 is 19.7 Å². The van der Waals surface area contributed by atoms with Gasteiger partial charge in [0.1, 0.15) is 5.75 Å². The van der Waals surface area contributed by atoms with E-state index in [0.29, 0.717) is 21.4 Å². The fourth-order valence-corrected chi connectivity index (χ4v) is 2.37. The number of carbonyl (C=O) groups excluding carboxylic acids is 1. The van der Waals surface area contributed by atoms with Gasteiger partial charge in [-0.1, -0.05) is 23.2 Å². The van der Waals surface area contributed by atoms with Crippen LogP contribution in [0.2, 0.25) is 10.0 Å². The summed E-state index contributed by atoms with van der Waals surface area (Å²) in [5, 5.41) is 23.1. The lowest BCUT2D eigenvalue weighted by molar-refractivity contribution is 0.0954. The number of nitrogens with zero attached hydrogens (tertiary/aromatic N) is 1. The van der Waals surface area contributed by atoms with E-state index in [4.69, 9.17) is 27.9 Å². The summed E-state index contributed by atoms with van der Waals surface area (Å²) in [6.45, 7) is 0. The maximum Gasteiger partial charge on any atom is 0.271 e. The van der Waals surface area contributed by atoms with Gasteiger partial charge in [-0.05, 0) is 30.3 Å². The first-order valence-corrected chi connectivity index (χ1v) is 7.06. The summed E-state index contributed by atoms with van der Waals surface area (Å²) >= 11 is 11.9. The molecule has 3 N–H and O–H groups in total. The van der Waals surface area contributed by atoms with Crippen molar-refractivity contribution in [3.05, 3.63) is 51.5 Å². The number of hydrogen-bond donors (Lipinski definition) is 3. The Kier molecular flexibility index (Phi) is 5.31. The molecule has 0 aliphatic heterocycles. The quantitative estimate of drug-likeness (QED) is 0.446. The molecule has 0 saturated heterocycles. The molecule has 0 bridgehead atoms. The van der Waals surface area contributed by atoms with Crippen LogP contribution in [0.5, 0.6) is 17.2 Å². The van der Waals surface area contributed by atoms with Crippen LogP contribution in [0.25, 0.3) is 0 Å². The van der Waals surface area contributed by atoms with Crippen molar-refractivity contribution in [2.75, 3.05) is 7.11 Å². The lowest BCUT2D eigenvalue weighted by atomic mass is 10.2. The van der Waals surface area contributed by atoms with Crippen LogP contribution in [0, 0.1) is 0 Å². The van der Waals surface area contributed by atoms with Gasteiger partial charge in [0, 0.05) is 16.1 Å². The SMILES string of the molecule is COc1c(Cl)cc(Cl)cc1C=NNC(=O)c1ccc(O)c(O)c1. The Morgan fingerprint density at radius 1 is 1.22 bits per heavy atom. The van der Waals surface area contributed by atoms with E-state index < -0.39 is 11.7 Å². The predicted octanol–water partition coefficient (Wildman–Crippen LogP) is 3.18. The Balaban J connectivity index is 2.15. The first kappa shape index (κ1) is 16.9. The first-order valence-electron chi connectivity index (χ1n) is 6.30. The first-order chi connectivity index (χ1) is 10.9. The van der Waals surface area contributed by atoms with Crippen molar-refractivity contribution >= 4 is 35.3 Å². The highest BCUT2D eigenvalue weighted by Gasteiger charge is 2.10. The molecule has 2 aromatic rings. The van der Waals surface area contributed by atoms with Gasteiger partial charge in [-0.3, -0.25) is 4.79 Å². The highest BCUT2D eigenvalue weighted by atomic mass is 35.5. The number of amides is 1. The molecule has 0 spiro atoms. The molecular formula is C15H12Cl2N2O4. The zero-order valence-electron chi connectivity index (χ0n) is 11.9. The molecule has 0 unspecified atom stereocenters. The topological polar surface area (TPSA) is 91.2 Å². The van der Waals surface area contributed by atoms with Crippen molar-refractivity contribution in [2.24, 2.45) is 5.10 Å². The van der Waals surface area contributed by atoms with Gasteiger partial charge in [0.2, 0.25) is 0 Å². The zero-order chi connectivity index (χ0) is 17.0. The summed E-state index contributed by atoms with van der Waals surface area (Å²) in [7, 11) is 1.45. The molecule has 2 aromatic carbocycles. The number of rotatable bonds is 4. The van der Waals surface area contributed by atoms with Gasteiger partial charge >= 0.3 is 0 Å². The summed E-state index contributed by atoms with van der Waals surface area (Å²) in [5.41, 5.74) is 2.90. The smallest absolute Gasteiger partial charge is 0.271 e. The van der Waals surface area contributed by atoms with E-state index in [2.05, 4.69) is 10.5 Å². The Morgan fingerprint density at radius 2 is 1.96 bits per heavy atom. The lowest BCUT2D eigenvalue weighted by Crippen LogP contribution is -2.17. The summed E-state index contributed by atoms with van der Waals surface area (Å²) in [4.78, 5) is 11.9. The van der Waals surface area contributed by atoms with Gasteiger partial charge in [0.15, 0.2) is 11.5 Å². The molecule has 0 aliphatic carbocycles. The van der Waals surface area contributed by atoms with E-state index in [1.165, 1.54) is 31.5 Å². The van der Waals surface area contributed by atoms with Crippen molar-refractivity contribution in [1.29, 1.82) is 0 Å². The van der Waals surface area contributed by atoms with Crippen LogP contribution in [0.1, 0.15) is 15.9 Å². The number of nitrogens with one attached hydrogen (secondary N) is 1. The predicted molar refractivity (Wildman–Crippen MR) is 87.8 cm³/mol. The highest BCUT2D eigenvalue weighted by Crippen LogP contribution is 2.31. The standard InChI is InChI=1S/C15H12Cl2N2O4/c1-23-14-9(4-10(16)6-11(14)17)7-18-19-15(22)8-2-3-12(20)13(21)5-8/h2-7,20-21H,1H3,(H,19,22). The van der Waals surface area contributed by atoms with Crippen LogP contribution in [0.15, 0.2) is 35.4 Å². The van der Waals surface area contributed by atoms with E-state index in [1.807, 2.05) is 0 Å². The maximum absolute atomic E-state index is 11.9. The van der Waals surface area contributed by atoms with Crippen LogP contribution in [0.4, 0.5) is 0 Å². The van der Waals surface area contributed by atoms with Crippen molar-refractivity contribution in [1.82, 2.24) is 5.43 Å². The Morgan fingerprint density at radius 3 is 2.61 bits per heavy atom. The maximum atomic E-state index is 11.9. The molecule has 23 heavy (non-hydrogen) atoms. The molecule has 0 radical (unpaired) electrons. The van der Waals surface area contributed by atoms with Crippen molar-refractivity contribution in [3.63, 3.8) is 0 Å². The number of halogens is 2. The van der Waals surface area contributed by atoms with Crippen LogP contribution in [-0.2, 0) is 0 Å². The molecule has 0 atom stereocenters. The van der Waals surface area contributed by atoms with Crippen LogP contribution in [-0.4, -0.2) is 29.4 Å². The minimum absolute atomic E-state index is 0.133. The Hall–Kier alpha value is -2.44. The number of carbonyl (C=O) groups is 1. The Bertz CT molecular complexity index is 778. The third-order valence-corrected chi connectivity index (χ3v) is 3.35. The second-order valence-electron chi connectivity index (χ2n) is 4.41. The van der Waals surface area contributed by atoms with E-state index in [1.54, 1.807) is 6.07 Å². The average Bonchev–Trinajstić information content (AvgIpc) is 2.49. The van der Waals surface area contributed by atoms with Crippen molar-refractivity contribution in [3.8, 4) is 17.2 Å². The highest BCUT2D eigenvalue weighted by molar-refractivity contribution is 6.36. The van der Waals surface area contributed by atoms with Gasteiger partial charge in [0.25, 0.3) is 5.91 Å². The summed E-state index contributed by atoms with van der Waals surface area (Å²) in [6.07, 6.45) is 1.33. The Labute approximate surface area is 141 Å². The lowest BCUT2D eigenvalue weighted by Gasteiger charge is -2.07. The van der Waals surface area contributed by atoms with Gasteiger partial charge in [-0.15, -0.1) is 0 Å². The molecular weight excluding hydrogens is 343 g/mol. The fourth-order valence-electron chi connectivity index (χ4n) is 1.78. The molecule has 0 aromatic heterocycles. The molecule has 1 amide bonds. The molecule has 8 heteroatoms. The minimum Gasteiger partial charge on any atom is -0.504 e. The largest absolute Gasteiger partial charge is 0.504 e. The van der Waals surface area contributed by atoms with E-state index in [0.717, 1.165) is 6.07 Å². The number of benzene rings is 2. The van der Waals surface area contributed by atoms with Gasteiger partial charge < -0.3 is 14.9 Å². The van der Waals surface area contributed by atoms with Gasteiger partial charge in [-0.2, -0.15) is 5.10 Å². The van der Waals surface area contributed by atoms with E-state index in [9.17, 15) is 15.0 Å².